The van der Waals surface area contributed by atoms with Gasteiger partial charge in [0, 0.05) is 19.3 Å². The molecule has 0 spiro atoms. The van der Waals surface area contributed by atoms with Crippen LogP contribution in [0.3, 0.4) is 0 Å². The minimum atomic E-state index is -0.771. The van der Waals surface area contributed by atoms with Crippen molar-refractivity contribution in [2.45, 2.75) is 316 Å². The highest BCUT2D eigenvalue weighted by Gasteiger charge is 2.19. The lowest BCUT2D eigenvalue weighted by molar-refractivity contribution is -0.167. The predicted molar refractivity (Wildman–Crippen MR) is 311 cm³/mol. The minimum Gasteiger partial charge on any atom is -0.462 e. The Morgan fingerprint density at radius 3 is 0.847 bits per heavy atom. The second-order valence-corrected chi connectivity index (χ2v) is 20.6. The van der Waals surface area contributed by atoms with E-state index in [1.165, 1.54) is 173 Å². The monoisotopic (exact) mass is 1000 g/mol. The smallest absolute Gasteiger partial charge is 0.306 e. The van der Waals surface area contributed by atoms with Gasteiger partial charge < -0.3 is 14.2 Å². The first-order valence-corrected chi connectivity index (χ1v) is 30.9. The fourth-order valence-corrected chi connectivity index (χ4v) is 8.86. The summed E-state index contributed by atoms with van der Waals surface area (Å²) in [5.41, 5.74) is 0. The third-order valence-corrected chi connectivity index (χ3v) is 13.5. The number of carbonyl (C=O) groups excluding carboxylic acids is 3. The van der Waals surface area contributed by atoms with Crippen LogP contribution in [0.25, 0.3) is 0 Å². The highest BCUT2D eigenvalue weighted by molar-refractivity contribution is 5.71. The predicted octanol–water partition coefficient (Wildman–Crippen LogP) is 20.9. The van der Waals surface area contributed by atoms with Gasteiger partial charge in [-0.05, 0) is 70.6 Å². The maximum Gasteiger partial charge on any atom is 0.306 e. The molecule has 0 aromatic rings. The van der Waals surface area contributed by atoms with Crippen LogP contribution < -0.4 is 0 Å². The molecule has 72 heavy (non-hydrogen) atoms. The largest absolute Gasteiger partial charge is 0.462 e. The van der Waals surface area contributed by atoms with Crippen molar-refractivity contribution in [1.29, 1.82) is 0 Å². The molecule has 0 aliphatic heterocycles. The van der Waals surface area contributed by atoms with E-state index in [2.05, 4.69) is 93.7 Å². The zero-order valence-corrected chi connectivity index (χ0v) is 47.7. The van der Waals surface area contributed by atoms with Crippen molar-refractivity contribution in [3.05, 3.63) is 72.9 Å². The molecule has 0 aliphatic rings. The molecule has 6 nitrogen and oxygen atoms in total. The Morgan fingerprint density at radius 2 is 0.542 bits per heavy atom. The molecule has 0 aliphatic carbocycles. The number of esters is 3. The Morgan fingerprint density at radius 1 is 0.292 bits per heavy atom. The fraction of sp³-hybridized carbons (Fsp3) is 0.773. The molecule has 0 aromatic carbocycles. The summed E-state index contributed by atoms with van der Waals surface area (Å²) < 4.78 is 16.8. The molecule has 1 atom stereocenters. The van der Waals surface area contributed by atoms with Crippen molar-refractivity contribution in [2.75, 3.05) is 13.2 Å². The SMILES string of the molecule is CC/C=C\C/C=C\C/C=C\C/C=C\C/C=C\C/C=C\CCCCCCCCCCCCC(=O)OCC(COC(=O)CCCCCCCC)OC(=O)CCCCCCCCCCCCCCCCCCCCC. The molecule has 0 saturated heterocycles. The average molecular weight is 1010 g/mol. The Kier molecular flexibility index (Phi) is 57.8. The van der Waals surface area contributed by atoms with Crippen LogP contribution in [0.15, 0.2) is 72.9 Å². The van der Waals surface area contributed by atoms with Gasteiger partial charge in [-0.2, -0.15) is 0 Å². The van der Waals surface area contributed by atoms with Crippen molar-refractivity contribution in [3.63, 3.8) is 0 Å². The zero-order chi connectivity index (χ0) is 52.2. The lowest BCUT2D eigenvalue weighted by Gasteiger charge is -2.18. The van der Waals surface area contributed by atoms with Crippen molar-refractivity contribution in [3.8, 4) is 0 Å². The summed E-state index contributed by atoms with van der Waals surface area (Å²) in [6, 6.07) is 0. The van der Waals surface area contributed by atoms with Gasteiger partial charge in [-0.1, -0.05) is 293 Å². The summed E-state index contributed by atoms with van der Waals surface area (Å²) in [5, 5.41) is 0. The summed E-state index contributed by atoms with van der Waals surface area (Å²) in [7, 11) is 0. The number of rotatable bonds is 56. The minimum absolute atomic E-state index is 0.0731. The maximum atomic E-state index is 12.8. The molecule has 0 aromatic heterocycles. The number of hydrogen-bond acceptors (Lipinski definition) is 6. The van der Waals surface area contributed by atoms with Gasteiger partial charge >= 0.3 is 17.9 Å². The van der Waals surface area contributed by atoms with Gasteiger partial charge in [0.1, 0.15) is 13.2 Å². The molecule has 0 amide bonds. The summed E-state index contributed by atoms with van der Waals surface area (Å²) >= 11 is 0. The highest BCUT2D eigenvalue weighted by Crippen LogP contribution is 2.17. The van der Waals surface area contributed by atoms with E-state index in [9.17, 15) is 14.4 Å². The number of allylic oxidation sites excluding steroid dienone is 12. The van der Waals surface area contributed by atoms with Gasteiger partial charge in [0.15, 0.2) is 6.10 Å². The Labute approximate surface area is 446 Å². The van der Waals surface area contributed by atoms with Gasteiger partial charge in [-0.25, -0.2) is 0 Å². The van der Waals surface area contributed by atoms with Gasteiger partial charge in [-0.15, -0.1) is 0 Å². The molecule has 0 radical (unpaired) electrons. The number of carbonyl (C=O) groups is 3. The van der Waals surface area contributed by atoms with Gasteiger partial charge in [0.25, 0.3) is 0 Å². The summed E-state index contributed by atoms with van der Waals surface area (Å²) in [5.74, 6) is -0.873. The van der Waals surface area contributed by atoms with E-state index >= 15 is 0 Å². The van der Waals surface area contributed by atoms with E-state index in [1.807, 2.05) is 0 Å². The van der Waals surface area contributed by atoms with E-state index in [-0.39, 0.29) is 31.1 Å². The van der Waals surface area contributed by atoms with Crippen molar-refractivity contribution < 1.29 is 28.6 Å². The second-order valence-electron chi connectivity index (χ2n) is 20.6. The molecule has 0 heterocycles. The molecule has 0 saturated carbocycles. The van der Waals surface area contributed by atoms with Gasteiger partial charge in [-0.3, -0.25) is 14.4 Å². The van der Waals surface area contributed by atoms with Crippen LogP contribution in [0.2, 0.25) is 0 Å². The molecular formula is C66H116O6. The molecule has 416 valence electrons. The van der Waals surface area contributed by atoms with Gasteiger partial charge in [0.05, 0.1) is 0 Å². The first-order valence-electron chi connectivity index (χ1n) is 30.9. The van der Waals surface area contributed by atoms with Crippen LogP contribution in [-0.2, 0) is 28.6 Å². The molecule has 1 unspecified atom stereocenters. The third-order valence-electron chi connectivity index (χ3n) is 13.5. The van der Waals surface area contributed by atoms with Gasteiger partial charge in [0.2, 0.25) is 0 Å². The molecule has 0 rings (SSSR count). The van der Waals surface area contributed by atoms with Crippen molar-refractivity contribution in [2.24, 2.45) is 0 Å². The van der Waals surface area contributed by atoms with Crippen LogP contribution in [-0.4, -0.2) is 37.2 Å². The Bertz CT molecular complexity index is 1340. The lowest BCUT2D eigenvalue weighted by Crippen LogP contribution is -2.30. The highest BCUT2D eigenvalue weighted by atomic mass is 16.6. The summed E-state index contributed by atoms with van der Waals surface area (Å²) in [6.07, 6.45) is 78.0. The third kappa shape index (κ3) is 57.7. The van der Waals surface area contributed by atoms with Crippen LogP contribution in [0.4, 0.5) is 0 Å². The van der Waals surface area contributed by atoms with E-state index in [0.29, 0.717) is 19.3 Å². The summed E-state index contributed by atoms with van der Waals surface area (Å²) in [4.78, 5) is 38.0. The zero-order valence-electron chi connectivity index (χ0n) is 47.7. The maximum absolute atomic E-state index is 12.8. The molecular weight excluding hydrogens is 889 g/mol. The Balaban J connectivity index is 4.08. The first kappa shape index (κ1) is 68.8. The second kappa shape index (κ2) is 60.4. The first-order chi connectivity index (χ1) is 35.5. The standard InChI is InChI=1S/C66H116O6/c1-4-7-10-13-16-18-20-22-24-26-28-29-30-31-32-33-34-35-36-37-39-40-42-44-46-48-50-53-56-59-65(68)71-62-63(61-70-64(67)58-55-52-15-12-9-6-3)72-66(69)60-57-54-51-49-47-45-43-41-38-27-25-23-21-19-17-14-11-8-5-2/h7,10,16,18,22,24,28-29,31-32,34-35,63H,4-6,8-9,11-15,17,19-21,23,25-27,30,33,36-62H2,1-3H3/b10-7-,18-16-,24-22-,29-28-,32-31-,35-34-. The molecule has 0 bridgehead atoms. The normalized spacial score (nSPS) is 12.5. The van der Waals surface area contributed by atoms with E-state index < -0.39 is 6.10 Å². The molecule has 0 N–H and O–H groups in total. The van der Waals surface area contributed by atoms with E-state index in [0.717, 1.165) is 96.3 Å². The topological polar surface area (TPSA) is 78.9 Å². The number of ether oxygens (including phenoxy) is 3. The summed E-state index contributed by atoms with van der Waals surface area (Å²) in [6.45, 7) is 6.50. The van der Waals surface area contributed by atoms with E-state index in [1.54, 1.807) is 0 Å². The lowest BCUT2D eigenvalue weighted by atomic mass is 10.0. The fourth-order valence-electron chi connectivity index (χ4n) is 8.86. The molecule has 0 fully saturated rings. The molecule has 6 heteroatoms. The van der Waals surface area contributed by atoms with Crippen LogP contribution in [0.5, 0.6) is 0 Å². The van der Waals surface area contributed by atoms with Crippen molar-refractivity contribution >= 4 is 17.9 Å². The Hall–Kier alpha value is -3.15. The van der Waals surface area contributed by atoms with Crippen molar-refractivity contribution in [1.82, 2.24) is 0 Å². The number of hydrogen-bond donors (Lipinski definition) is 0. The van der Waals surface area contributed by atoms with Crippen LogP contribution in [0, 0.1) is 0 Å². The number of unbranched alkanes of at least 4 members (excludes halogenated alkanes) is 33. The van der Waals surface area contributed by atoms with E-state index in [4.69, 9.17) is 14.2 Å². The van der Waals surface area contributed by atoms with Crippen LogP contribution >= 0.6 is 0 Å². The average Bonchev–Trinajstić information content (AvgIpc) is 3.38. The van der Waals surface area contributed by atoms with Crippen LogP contribution in [0.1, 0.15) is 310 Å². The quantitative estimate of drug-likeness (QED) is 0.0261.